The van der Waals surface area contributed by atoms with Gasteiger partial charge in [0.05, 0.1) is 0 Å². The third-order valence-corrected chi connectivity index (χ3v) is 3.61. The minimum atomic E-state index is -0.111. The third-order valence-electron chi connectivity index (χ3n) is 2.05. The van der Waals surface area contributed by atoms with Crippen LogP contribution in [0.2, 0.25) is 0 Å². The van der Waals surface area contributed by atoms with Crippen molar-refractivity contribution in [1.82, 2.24) is 0 Å². The number of halogens is 1. The van der Waals surface area contributed by atoms with E-state index in [0.717, 1.165) is 14.1 Å². The second-order valence-electron chi connectivity index (χ2n) is 3.34. The number of hydrogen-bond donors (Lipinski definition) is 1. The second kappa shape index (κ2) is 5.97. The van der Waals surface area contributed by atoms with Gasteiger partial charge in [-0.05, 0) is 64.4 Å². The highest BCUT2D eigenvalue weighted by Crippen LogP contribution is 2.12. The van der Waals surface area contributed by atoms with Gasteiger partial charge in [-0.2, -0.15) is 0 Å². The molecule has 2 nitrogen and oxygen atoms in total. The molecule has 1 aromatic heterocycles. The molecule has 0 aliphatic carbocycles. The van der Waals surface area contributed by atoms with Crippen LogP contribution in [0.4, 0.5) is 5.69 Å². The first-order valence-corrected chi connectivity index (χ1v) is 6.98. The van der Waals surface area contributed by atoms with Crippen LogP contribution in [0.15, 0.2) is 47.9 Å². The van der Waals surface area contributed by atoms with Gasteiger partial charge in [0.25, 0.3) is 0 Å². The van der Waals surface area contributed by atoms with Crippen molar-refractivity contribution in [1.29, 1.82) is 0 Å². The molecular formula is C13H10INOS. The zero-order valence-electron chi connectivity index (χ0n) is 8.89. The molecular weight excluding hydrogens is 345 g/mol. The third kappa shape index (κ3) is 3.98. The average molecular weight is 355 g/mol. The molecule has 1 N–H and O–H groups in total. The lowest BCUT2D eigenvalue weighted by Gasteiger charge is -2.01. The quantitative estimate of drug-likeness (QED) is 0.654. The van der Waals surface area contributed by atoms with Crippen LogP contribution in [0.5, 0.6) is 0 Å². The highest BCUT2D eigenvalue weighted by Gasteiger charge is 1.97. The van der Waals surface area contributed by atoms with Crippen molar-refractivity contribution in [3.8, 4) is 0 Å². The van der Waals surface area contributed by atoms with Gasteiger partial charge in [0.1, 0.15) is 0 Å². The van der Waals surface area contributed by atoms with Crippen LogP contribution in [0, 0.1) is 3.57 Å². The summed E-state index contributed by atoms with van der Waals surface area (Å²) in [5.74, 6) is -0.111. The van der Waals surface area contributed by atoms with E-state index in [1.54, 1.807) is 17.4 Å². The number of hydrogen-bond acceptors (Lipinski definition) is 2. The minimum absolute atomic E-state index is 0.111. The van der Waals surface area contributed by atoms with Crippen molar-refractivity contribution in [3.05, 3.63) is 56.3 Å². The lowest BCUT2D eigenvalue weighted by molar-refractivity contribution is -0.111. The Bertz CT molecular complexity index is 517. The fourth-order valence-corrected chi connectivity index (χ4v) is 2.24. The Morgan fingerprint density at radius 3 is 2.65 bits per heavy atom. The van der Waals surface area contributed by atoms with E-state index in [2.05, 4.69) is 27.9 Å². The number of amides is 1. The van der Waals surface area contributed by atoms with Crippen LogP contribution >= 0.6 is 33.9 Å². The maximum atomic E-state index is 11.6. The van der Waals surface area contributed by atoms with E-state index in [1.165, 1.54) is 0 Å². The van der Waals surface area contributed by atoms with E-state index >= 15 is 0 Å². The number of carbonyl (C=O) groups excluding carboxylic acids is 1. The maximum Gasteiger partial charge on any atom is 0.248 e. The first-order chi connectivity index (χ1) is 8.24. The molecule has 4 heteroatoms. The predicted octanol–water partition coefficient (Wildman–Crippen LogP) is 4.00. The molecule has 1 amide bonds. The Hall–Kier alpha value is -1.14. The molecule has 2 aromatic rings. The van der Waals surface area contributed by atoms with Crippen LogP contribution in [-0.2, 0) is 4.79 Å². The summed E-state index contributed by atoms with van der Waals surface area (Å²) in [5, 5.41) is 4.79. The van der Waals surface area contributed by atoms with E-state index in [9.17, 15) is 4.79 Å². The Labute approximate surface area is 118 Å². The van der Waals surface area contributed by atoms with Gasteiger partial charge in [0, 0.05) is 20.2 Å². The van der Waals surface area contributed by atoms with Crippen molar-refractivity contribution < 1.29 is 4.79 Å². The molecule has 0 unspecified atom stereocenters. The van der Waals surface area contributed by atoms with Gasteiger partial charge in [-0.1, -0.05) is 6.07 Å². The SMILES string of the molecule is O=C(/C=C/c1cccs1)Nc1ccc(I)cc1. The average Bonchev–Trinajstić information content (AvgIpc) is 2.83. The van der Waals surface area contributed by atoms with Crippen molar-refractivity contribution in [2.45, 2.75) is 0 Å². The van der Waals surface area contributed by atoms with Gasteiger partial charge in [-0.25, -0.2) is 0 Å². The molecule has 17 heavy (non-hydrogen) atoms. The van der Waals surface area contributed by atoms with Gasteiger partial charge in [0.15, 0.2) is 0 Å². The number of nitrogens with one attached hydrogen (secondary N) is 1. The van der Waals surface area contributed by atoms with E-state index in [-0.39, 0.29) is 5.91 Å². The Morgan fingerprint density at radius 1 is 1.24 bits per heavy atom. The van der Waals surface area contributed by atoms with Gasteiger partial charge < -0.3 is 5.32 Å². The van der Waals surface area contributed by atoms with Gasteiger partial charge in [0.2, 0.25) is 5.91 Å². The molecule has 0 radical (unpaired) electrons. The standard InChI is InChI=1S/C13H10INOS/c14-10-3-5-11(6-4-10)15-13(16)8-7-12-2-1-9-17-12/h1-9H,(H,15,16)/b8-7+. The summed E-state index contributed by atoms with van der Waals surface area (Å²) in [4.78, 5) is 12.7. The smallest absolute Gasteiger partial charge is 0.248 e. The number of thiophene rings is 1. The van der Waals surface area contributed by atoms with E-state index < -0.39 is 0 Å². The fraction of sp³-hybridized carbons (Fsp3) is 0. The summed E-state index contributed by atoms with van der Waals surface area (Å²) in [5.41, 5.74) is 0.811. The lowest BCUT2D eigenvalue weighted by atomic mass is 10.3. The lowest BCUT2D eigenvalue weighted by Crippen LogP contribution is -2.07. The summed E-state index contributed by atoms with van der Waals surface area (Å²) in [7, 11) is 0. The van der Waals surface area contributed by atoms with Gasteiger partial charge in [-0.15, -0.1) is 11.3 Å². The summed E-state index contributed by atoms with van der Waals surface area (Å²) < 4.78 is 1.15. The summed E-state index contributed by atoms with van der Waals surface area (Å²) in [6, 6.07) is 11.6. The van der Waals surface area contributed by atoms with Crippen molar-refractivity contribution in [3.63, 3.8) is 0 Å². The number of carbonyl (C=O) groups is 1. The minimum Gasteiger partial charge on any atom is -0.323 e. The highest BCUT2D eigenvalue weighted by molar-refractivity contribution is 14.1. The fourth-order valence-electron chi connectivity index (χ4n) is 1.26. The van der Waals surface area contributed by atoms with E-state index in [1.807, 2.05) is 47.9 Å². The van der Waals surface area contributed by atoms with Crippen molar-refractivity contribution in [2.24, 2.45) is 0 Å². The monoisotopic (exact) mass is 355 g/mol. The molecule has 0 aliphatic heterocycles. The molecule has 0 atom stereocenters. The molecule has 0 bridgehead atoms. The van der Waals surface area contributed by atoms with Crippen LogP contribution in [0.1, 0.15) is 4.88 Å². The molecule has 1 aromatic carbocycles. The molecule has 2 rings (SSSR count). The Kier molecular flexibility index (Phi) is 4.33. The molecule has 0 saturated heterocycles. The van der Waals surface area contributed by atoms with Crippen LogP contribution in [0.3, 0.4) is 0 Å². The zero-order chi connectivity index (χ0) is 12.1. The Morgan fingerprint density at radius 2 is 2.00 bits per heavy atom. The number of benzene rings is 1. The van der Waals surface area contributed by atoms with Gasteiger partial charge >= 0.3 is 0 Å². The topological polar surface area (TPSA) is 29.1 Å². The highest BCUT2D eigenvalue weighted by atomic mass is 127. The normalized spacial score (nSPS) is 10.6. The maximum absolute atomic E-state index is 11.6. The summed E-state index contributed by atoms with van der Waals surface area (Å²) in [6.45, 7) is 0. The molecule has 0 saturated carbocycles. The van der Waals surface area contributed by atoms with Crippen LogP contribution in [0.25, 0.3) is 6.08 Å². The Balaban J connectivity index is 1.95. The largest absolute Gasteiger partial charge is 0.323 e. The summed E-state index contributed by atoms with van der Waals surface area (Å²) >= 11 is 3.83. The van der Waals surface area contributed by atoms with E-state index in [0.29, 0.717) is 0 Å². The first-order valence-electron chi connectivity index (χ1n) is 5.02. The van der Waals surface area contributed by atoms with Crippen molar-refractivity contribution >= 4 is 51.6 Å². The first kappa shape index (κ1) is 12.3. The zero-order valence-corrected chi connectivity index (χ0v) is 11.9. The van der Waals surface area contributed by atoms with Crippen LogP contribution < -0.4 is 5.32 Å². The molecule has 0 spiro atoms. The number of anilines is 1. The molecule has 1 heterocycles. The second-order valence-corrected chi connectivity index (χ2v) is 5.57. The van der Waals surface area contributed by atoms with Crippen molar-refractivity contribution in [2.75, 3.05) is 5.32 Å². The molecule has 0 fully saturated rings. The van der Waals surface area contributed by atoms with E-state index in [4.69, 9.17) is 0 Å². The summed E-state index contributed by atoms with van der Waals surface area (Å²) in [6.07, 6.45) is 3.36. The molecule has 86 valence electrons. The van der Waals surface area contributed by atoms with Gasteiger partial charge in [-0.3, -0.25) is 4.79 Å². The number of rotatable bonds is 3. The van der Waals surface area contributed by atoms with Crippen LogP contribution in [-0.4, -0.2) is 5.91 Å². The predicted molar refractivity (Wildman–Crippen MR) is 81.1 cm³/mol. The molecule has 0 aliphatic rings.